The average Bonchev–Trinajstić information content (AvgIpc) is 2.51. The number of anilines is 1. The van der Waals surface area contributed by atoms with Gasteiger partial charge in [-0.3, -0.25) is 9.69 Å². The first-order valence-corrected chi connectivity index (χ1v) is 8.15. The zero-order valence-electron chi connectivity index (χ0n) is 12.5. The summed E-state index contributed by atoms with van der Waals surface area (Å²) in [6, 6.07) is 15.0. The van der Waals surface area contributed by atoms with Crippen molar-refractivity contribution >= 4 is 39.1 Å². The molecule has 5 heteroatoms. The number of benzene rings is 2. The topological polar surface area (TPSA) is 32.3 Å². The number of carbonyl (C=O) groups excluding carboxylic acids is 1. The number of carbonyl (C=O) groups is 1. The maximum atomic E-state index is 12.4. The fourth-order valence-corrected chi connectivity index (χ4v) is 2.63. The normalized spacial score (nSPS) is 12.2. The van der Waals surface area contributed by atoms with Gasteiger partial charge in [-0.2, -0.15) is 0 Å². The van der Waals surface area contributed by atoms with Crippen molar-refractivity contribution in [3.8, 4) is 0 Å². The van der Waals surface area contributed by atoms with Crippen molar-refractivity contribution < 1.29 is 4.79 Å². The molecule has 0 saturated carbocycles. The first-order chi connectivity index (χ1) is 10.5. The van der Waals surface area contributed by atoms with Crippen molar-refractivity contribution in [3.63, 3.8) is 0 Å². The van der Waals surface area contributed by atoms with Crippen LogP contribution < -0.4 is 5.32 Å². The predicted molar refractivity (Wildman–Crippen MR) is 95.2 cm³/mol. The van der Waals surface area contributed by atoms with E-state index in [-0.39, 0.29) is 11.9 Å². The van der Waals surface area contributed by atoms with E-state index in [1.807, 2.05) is 55.3 Å². The van der Waals surface area contributed by atoms with E-state index in [9.17, 15) is 4.79 Å². The summed E-state index contributed by atoms with van der Waals surface area (Å²) >= 11 is 9.60. The van der Waals surface area contributed by atoms with Crippen LogP contribution in [0.2, 0.25) is 5.02 Å². The molecule has 0 aliphatic rings. The van der Waals surface area contributed by atoms with Gasteiger partial charge in [0.2, 0.25) is 5.91 Å². The van der Waals surface area contributed by atoms with E-state index in [4.69, 9.17) is 11.6 Å². The fraction of sp³-hybridized carbons (Fsp3) is 0.235. The average molecular weight is 382 g/mol. The summed E-state index contributed by atoms with van der Waals surface area (Å²) in [5.41, 5.74) is 1.78. The Bertz CT molecular complexity index is 663. The van der Waals surface area contributed by atoms with Gasteiger partial charge in [-0.15, -0.1) is 0 Å². The third kappa shape index (κ3) is 4.32. The van der Waals surface area contributed by atoms with Crippen LogP contribution in [0, 0.1) is 0 Å². The second-order valence-corrected chi connectivity index (χ2v) is 6.41. The molecule has 3 nitrogen and oxygen atoms in total. The quantitative estimate of drug-likeness (QED) is 0.823. The van der Waals surface area contributed by atoms with E-state index in [2.05, 4.69) is 21.2 Å². The van der Waals surface area contributed by atoms with Crippen LogP contribution in [0.1, 0.15) is 12.5 Å². The maximum Gasteiger partial charge on any atom is 0.241 e. The number of rotatable bonds is 5. The van der Waals surface area contributed by atoms with Crippen LogP contribution >= 0.6 is 27.5 Å². The summed E-state index contributed by atoms with van der Waals surface area (Å²) in [5, 5.41) is 3.41. The predicted octanol–water partition coefficient (Wildman–Crippen LogP) is 4.56. The van der Waals surface area contributed by atoms with E-state index in [1.165, 1.54) is 0 Å². The van der Waals surface area contributed by atoms with E-state index in [0.29, 0.717) is 17.3 Å². The molecule has 1 unspecified atom stereocenters. The molecule has 0 bridgehead atoms. The van der Waals surface area contributed by atoms with Gasteiger partial charge in [-0.05, 0) is 37.7 Å². The number of halogens is 2. The van der Waals surface area contributed by atoms with Gasteiger partial charge in [0.1, 0.15) is 0 Å². The van der Waals surface area contributed by atoms with Gasteiger partial charge >= 0.3 is 0 Å². The van der Waals surface area contributed by atoms with Gasteiger partial charge in [0.25, 0.3) is 0 Å². The van der Waals surface area contributed by atoms with Crippen LogP contribution in [0.15, 0.2) is 53.0 Å². The summed E-state index contributed by atoms with van der Waals surface area (Å²) in [4.78, 5) is 14.4. The highest BCUT2D eigenvalue weighted by Gasteiger charge is 2.19. The van der Waals surface area contributed by atoms with Crippen LogP contribution in [0.4, 0.5) is 5.69 Å². The molecule has 116 valence electrons. The molecule has 1 atom stereocenters. The van der Waals surface area contributed by atoms with Gasteiger partial charge in [0.15, 0.2) is 0 Å². The number of amides is 1. The summed E-state index contributed by atoms with van der Waals surface area (Å²) in [7, 11) is 1.93. The van der Waals surface area contributed by atoms with Gasteiger partial charge in [0.05, 0.1) is 16.8 Å². The first-order valence-electron chi connectivity index (χ1n) is 6.98. The zero-order chi connectivity index (χ0) is 16.1. The Labute approximate surface area is 144 Å². The first kappa shape index (κ1) is 17.0. The highest BCUT2D eigenvalue weighted by Crippen LogP contribution is 2.22. The minimum absolute atomic E-state index is 0.0809. The molecule has 1 N–H and O–H groups in total. The zero-order valence-corrected chi connectivity index (χ0v) is 14.9. The fourth-order valence-electron chi connectivity index (χ4n) is 2.03. The van der Waals surface area contributed by atoms with Crippen LogP contribution in [0.5, 0.6) is 0 Å². The van der Waals surface area contributed by atoms with Crippen LogP contribution in [0.3, 0.4) is 0 Å². The number of likely N-dealkylation sites (N-methyl/N-ethyl adjacent to an activating group) is 1. The van der Waals surface area contributed by atoms with Crippen molar-refractivity contribution in [1.29, 1.82) is 0 Å². The smallest absolute Gasteiger partial charge is 0.241 e. The Morgan fingerprint density at radius 2 is 1.86 bits per heavy atom. The van der Waals surface area contributed by atoms with E-state index in [0.717, 1.165) is 10.0 Å². The molecule has 0 aromatic heterocycles. The standard InChI is InChI=1S/C17H18BrClN2O/c1-12(17(22)20-16-10-6-5-9-15(16)19)21(2)11-13-7-3-4-8-14(13)18/h3-10,12H,11H2,1-2H3,(H,20,22). The highest BCUT2D eigenvalue weighted by atomic mass is 79.9. The lowest BCUT2D eigenvalue weighted by Gasteiger charge is -2.24. The van der Waals surface area contributed by atoms with Gasteiger partial charge < -0.3 is 5.32 Å². The van der Waals surface area contributed by atoms with Crippen molar-refractivity contribution in [3.05, 3.63) is 63.6 Å². The van der Waals surface area contributed by atoms with Crippen molar-refractivity contribution in [2.45, 2.75) is 19.5 Å². The Hall–Kier alpha value is -1.36. The number of para-hydroxylation sites is 1. The number of hydrogen-bond acceptors (Lipinski definition) is 2. The Kier molecular flexibility index (Phi) is 6.00. The van der Waals surface area contributed by atoms with Crippen molar-refractivity contribution in [2.75, 3.05) is 12.4 Å². The Morgan fingerprint density at radius 1 is 1.23 bits per heavy atom. The highest BCUT2D eigenvalue weighted by molar-refractivity contribution is 9.10. The molecule has 0 aliphatic heterocycles. The van der Waals surface area contributed by atoms with E-state index >= 15 is 0 Å². The van der Waals surface area contributed by atoms with Crippen molar-refractivity contribution in [2.24, 2.45) is 0 Å². The third-order valence-corrected chi connectivity index (χ3v) is 4.65. The van der Waals surface area contributed by atoms with Crippen LogP contribution in [-0.4, -0.2) is 23.9 Å². The third-order valence-electron chi connectivity index (χ3n) is 3.55. The summed E-state index contributed by atoms with van der Waals surface area (Å²) in [6.07, 6.45) is 0. The second-order valence-electron chi connectivity index (χ2n) is 5.15. The van der Waals surface area contributed by atoms with E-state index in [1.54, 1.807) is 12.1 Å². The molecule has 2 rings (SSSR count). The van der Waals surface area contributed by atoms with Crippen LogP contribution in [-0.2, 0) is 11.3 Å². The van der Waals surface area contributed by atoms with E-state index < -0.39 is 0 Å². The maximum absolute atomic E-state index is 12.4. The van der Waals surface area contributed by atoms with Crippen molar-refractivity contribution in [1.82, 2.24) is 4.90 Å². The minimum atomic E-state index is -0.275. The minimum Gasteiger partial charge on any atom is -0.323 e. The Morgan fingerprint density at radius 3 is 2.55 bits per heavy atom. The molecule has 0 spiro atoms. The lowest BCUT2D eigenvalue weighted by atomic mass is 10.2. The van der Waals surface area contributed by atoms with Gasteiger partial charge in [0, 0.05) is 11.0 Å². The molecular formula is C17H18BrClN2O. The largest absolute Gasteiger partial charge is 0.323 e. The van der Waals surface area contributed by atoms with Crippen LogP contribution in [0.25, 0.3) is 0 Å². The molecule has 22 heavy (non-hydrogen) atoms. The monoisotopic (exact) mass is 380 g/mol. The molecule has 1 amide bonds. The summed E-state index contributed by atoms with van der Waals surface area (Å²) < 4.78 is 1.04. The number of nitrogens with zero attached hydrogens (tertiary/aromatic N) is 1. The lowest BCUT2D eigenvalue weighted by molar-refractivity contribution is -0.120. The summed E-state index contributed by atoms with van der Waals surface area (Å²) in [5.74, 6) is -0.0809. The SMILES string of the molecule is CC(C(=O)Nc1ccccc1Cl)N(C)Cc1ccccc1Br. The molecule has 0 radical (unpaired) electrons. The molecule has 0 heterocycles. The second kappa shape index (κ2) is 7.77. The molecule has 0 saturated heterocycles. The van der Waals surface area contributed by atoms with Gasteiger partial charge in [-0.1, -0.05) is 57.9 Å². The Balaban J connectivity index is 2.01. The molecule has 2 aromatic rings. The molecule has 2 aromatic carbocycles. The molecule has 0 fully saturated rings. The van der Waals surface area contributed by atoms with Gasteiger partial charge in [-0.25, -0.2) is 0 Å². The number of hydrogen-bond donors (Lipinski definition) is 1. The molecular weight excluding hydrogens is 364 g/mol. The number of nitrogens with one attached hydrogen (secondary N) is 1. The molecule has 0 aliphatic carbocycles. The summed E-state index contributed by atoms with van der Waals surface area (Å²) in [6.45, 7) is 2.56. The lowest BCUT2D eigenvalue weighted by Crippen LogP contribution is -2.39.